The Bertz CT molecular complexity index is 458. The number of nitrogen functional groups attached to an aromatic ring is 1. The molecule has 0 aromatic carbocycles. The normalized spacial score (nSPS) is 16.1. The van der Waals surface area contributed by atoms with Crippen molar-refractivity contribution in [3.8, 4) is 0 Å². The van der Waals surface area contributed by atoms with Crippen molar-refractivity contribution in [2.75, 3.05) is 23.8 Å². The van der Waals surface area contributed by atoms with Crippen LogP contribution in [0.1, 0.15) is 42.2 Å². The van der Waals surface area contributed by atoms with Crippen LogP contribution in [0, 0.1) is 5.92 Å². The third kappa shape index (κ3) is 4.40. The van der Waals surface area contributed by atoms with Crippen LogP contribution >= 0.6 is 11.8 Å². The van der Waals surface area contributed by atoms with Crippen LogP contribution in [-0.4, -0.2) is 28.9 Å². The molecule has 0 bridgehead atoms. The van der Waals surface area contributed by atoms with E-state index in [1.807, 2.05) is 17.8 Å². The highest BCUT2D eigenvalue weighted by Gasteiger charge is 2.15. The zero-order valence-electron chi connectivity index (χ0n) is 12.0. The van der Waals surface area contributed by atoms with Gasteiger partial charge in [-0.05, 0) is 48.8 Å². The van der Waals surface area contributed by atoms with Gasteiger partial charge in [-0.1, -0.05) is 13.3 Å². The highest BCUT2D eigenvalue weighted by atomic mass is 32.2. The Morgan fingerprint density at radius 2 is 2.20 bits per heavy atom. The number of nitrogens with zero attached hydrogens (tertiary/aromatic N) is 1. The van der Waals surface area contributed by atoms with E-state index in [4.69, 9.17) is 5.73 Å². The van der Waals surface area contributed by atoms with Crippen molar-refractivity contribution in [3.05, 3.63) is 23.4 Å². The first kappa shape index (κ1) is 15.2. The van der Waals surface area contributed by atoms with Crippen LogP contribution in [0.25, 0.3) is 0 Å². The molecular weight excluding hydrogens is 270 g/mol. The van der Waals surface area contributed by atoms with Crippen LogP contribution in [0.2, 0.25) is 0 Å². The van der Waals surface area contributed by atoms with Gasteiger partial charge >= 0.3 is 0 Å². The number of anilines is 1. The van der Waals surface area contributed by atoms with Gasteiger partial charge < -0.3 is 11.1 Å². The van der Waals surface area contributed by atoms with Gasteiger partial charge in [0, 0.05) is 17.8 Å². The number of rotatable bonds is 5. The number of aromatic nitrogens is 1. The summed E-state index contributed by atoms with van der Waals surface area (Å²) in [5.74, 6) is 3.44. The molecule has 1 aromatic rings. The summed E-state index contributed by atoms with van der Waals surface area (Å²) >= 11 is 2.00. The minimum Gasteiger partial charge on any atom is -0.384 e. The number of thioether (sulfide) groups is 1. The Hall–Kier alpha value is -1.23. The molecule has 1 amide bonds. The van der Waals surface area contributed by atoms with E-state index in [1.54, 1.807) is 6.07 Å². The third-order valence-corrected chi connectivity index (χ3v) is 4.61. The first-order chi connectivity index (χ1) is 9.69. The Balaban J connectivity index is 1.93. The lowest BCUT2D eigenvalue weighted by atomic mass is 10.0. The second-order valence-electron chi connectivity index (χ2n) is 5.29. The van der Waals surface area contributed by atoms with Gasteiger partial charge in [0.2, 0.25) is 0 Å². The number of pyridine rings is 1. The third-order valence-electron chi connectivity index (χ3n) is 3.56. The number of amides is 1. The van der Waals surface area contributed by atoms with Crippen LogP contribution < -0.4 is 11.1 Å². The summed E-state index contributed by atoms with van der Waals surface area (Å²) in [5, 5.41) is 3.03. The molecule has 0 atom stereocenters. The molecule has 0 unspecified atom stereocenters. The molecule has 0 radical (unpaired) electrons. The number of nitrogens with one attached hydrogen (secondary N) is 1. The van der Waals surface area contributed by atoms with Crippen LogP contribution in [-0.2, 0) is 6.42 Å². The Morgan fingerprint density at radius 3 is 2.90 bits per heavy atom. The summed E-state index contributed by atoms with van der Waals surface area (Å²) in [6, 6.07) is 3.51. The largest absolute Gasteiger partial charge is 0.384 e. The van der Waals surface area contributed by atoms with Crippen LogP contribution in [0.5, 0.6) is 0 Å². The lowest BCUT2D eigenvalue weighted by molar-refractivity contribution is 0.0946. The Kier molecular flexibility index (Phi) is 5.71. The maximum absolute atomic E-state index is 12.2. The lowest BCUT2D eigenvalue weighted by Gasteiger charge is -2.21. The predicted molar refractivity (Wildman–Crippen MR) is 85.0 cm³/mol. The second kappa shape index (κ2) is 7.53. The predicted octanol–water partition coefficient (Wildman–Crippen LogP) is 2.49. The van der Waals surface area contributed by atoms with Gasteiger partial charge in [-0.15, -0.1) is 0 Å². The highest BCUT2D eigenvalue weighted by molar-refractivity contribution is 7.99. The first-order valence-electron chi connectivity index (χ1n) is 7.31. The maximum Gasteiger partial charge on any atom is 0.251 e. The fourth-order valence-corrected chi connectivity index (χ4v) is 3.62. The summed E-state index contributed by atoms with van der Waals surface area (Å²) in [7, 11) is 0. The van der Waals surface area contributed by atoms with E-state index in [9.17, 15) is 4.79 Å². The summed E-state index contributed by atoms with van der Waals surface area (Å²) in [6.45, 7) is 2.86. The number of aryl methyl sites for hydroxylation is 1. The van der Waals surface area contributed by atoms with Gasteiger partial charge in [0.15, 0.2) is 0 Å². The van der Waals surface area contributed by atoms with E-state index in [2.05, 4.69) is 17.2 Å². The van der Waals surface area contributed by atoms with E-state index >= 15 is 0 Å². The van der Waals surface area contributed by atoms with Gasteiger partial charge in [0.05, 0.1) is 0 Å². The van der Waals surface area contributed by atoms with Crippen molar-refractivity contribution in [2.24, 2.45) is 5.92 Å². The average molecular weight is 293 g/mol. The molecule has 2 heterocycles. The van der Waals surface area contributed by atoms with E-state index in [0.717, 1.165) is 25.1 Å². The molecule has 1 aliphatic heterocycles. The summed E-state index contributed by atoms with van der Waals surface area (Å²) in [6.07, 6.45) is 4.25. The molecular formula is C15H23N3OS. The van der Waals surface area contributed by atoms with Crippen molar-refractivity contribution in [1.82, 2.24) is 10.3 Å². The van der Waals surface area contributed by atoms with Crippen molar-refractivity contribution in [2.45, 2.75) is 32.6 Å². The van der Waals surface area contributed by atoms with Crippen molar-refractivity contribution < 1.29 is 4.79 Å². The summed E-state index contributed by atoms with van der Waals surface area (Å²) in [5.41, 5.74) is 7.30. The van der Waals surface area contributed by atoms with Gasteiger partial charge in [-0.3, -0.25) is 4.79 Å². The number of carbonyl (C=O) groups excluding carboxylic acids is 1. The molecule has 0 aliphatic carbocycles. The monoisotopic (exact) mass is 293 g/mol. The lowest BCUT2D eigenvalue weighted by Crippen LogP contribution is -2.31. The minimum absolute atomic E-state index is 0.0327. The van der Waals surface area contributed by atoms with Crippen molar-refractivity contribution in [3.63, 3.8) is 0 Å². The van der Waals surface area contributed by atoms with E-state index in [0.29, 0.717) is 17.3 Å². The number of nitrogens with two attached hydrogens (primary N) is 1. The molecule has 5 heteroatoms. The van der Waals surface area contributed by atoms with Crippen molar-refractivity contribution in [1.29, 1.82) is 0 Å². The molecule has 1 aromatic heterocycles. The van der Waals surface area contributed by atoms with Gasteiger partial charge in [-0.2, -0.15) is 11.8 Å². The van der Waals surface area contributed by atoms with Gasteiger partial charge in [0.1, 0.15) is 5.82 Å². The average Bonchev–Trinajstić information content (AvgIpc) is 2.45. The Morgan fingerprint density at radius 1 is 1.45 bits per heavy atom. The molecule has 2 rings (SSSR count). The van der Waals surface area contributed by atoms with Crippen LogP contribution in [0.15, 0.2) is 12.1 Å². The number of hydrogen-bond donors (Lipinski definition) is 2. The van der Waals surface area contributed by atoms with Gasteiger partial charge in [-0.25, -0.2) is 4.98 Å². The molecule has 3 N–H and O–H groups in total. The SMILES string of the molecule is CCCc1cc(C(=O)NCC2CCSCC2)cc(N)n1. The van der Waals surface area contributed by atoms with Crippen molar-refractivity contribution >= 4 is 23.5 Å². The molecule has 110 valence electrons. The highest BCUT2D eigenvalue weighted by Crippen LogP contribution is 2.22. The zero-order chi connectivity index (χ0) is 14.4. The Labute approximate surface area is 124 Å². The molecule has 0 saturated carbocycles. The molecule has 0 spiro atoms. The number of hydrogen-bond acceptors (Lipinski definition) is 4. The molecule has 1 saturated heterocycles. The molecule has 20 heavy (non-hydrogen) atoms. The first-order valence-corrected chi connectivity index (χ1v) is 8.47. The zero-order valence-corrected chi connectivity index (χ0v) is 12.8. The second-order valence-corrected chi connectivity index (χ2v) is 6.51. The summed E-state index contributed by atoms with van der Waals surface area (Å²) in [4.78, 5) is 16.4. The number of carbonyl (C=O) groups is 1. The fourth-order valence-electron chi connectivity index (χ4n) is 2.42. The van der Waals surface area contributed by atoms with E-state index in [1.165, 1.54) is 24.3 Å². The maximum atomic E-state index is 12.2. The standard InChI is InChI=1S/C15H23N3OS/c1-2-3-13-8-12(9-14(16)18-13)15(19)17-10-11-4-6-20-7-5-11/h8-9,11H,2-7,10H2,1H3,(H2,16,18)(H,17,19). The fraction of sp³-hybridized carbons (Fsp3) is 0.600. The molecule has 4 nitrogen and oxygen atoms in total. The molecule has 1 aliphatic rings. The minimum atomic E-state index is -0.0327. The van der Waals surface area contributed by atoms with Gasteiger partial charge in [0.25, 0.3) is 5.91 Å². The van der Waals surface area contributed by atoms with Crippen LogP contribution in [0.4, 0.5) is 5.82 Å². The van der Waals surface area contributed by atoms with E-state index < -0.39 is 0 Å². The topological polar surface area (TPSA) is 68.0 Å². The smallest absolute Gasteiger partial charge is 0.251 e. The molecule has 1 fully saturated rings. The summed E-state index contributed by atoms with van der Waals surface area (Å²) < 4.78 is 0. The van der Waals surface area contributed by atoms with E-state index in [-0.39, 0.29) is 5.91 Å². The quantitative estimate of drug-likeness (QED) is 0.875. The van der Waals surface area contributed by atoms with Crippen LogP contribution in [0.3, 0.4) is 0 Å².